The fourth-order valence-electron chi connectivity index (χ4n) is 3.09. The molecular formula is C19H24N4O4S. The summed E-state index contributed by atoms with van der Waals surface area (Å²) in [6.45, 7) is 3.69. The molecule has 1 aliphatic heterocycles. The van der Waals surface area contributed by atoms with E-state index in [1.165, 1.54) is 10.4 Å². The Morgan fingerprint density at radius 2 is 1.93 bits per heavy atom. The maximum atomic E-state index is 12.6. The number of benzene rings is 1. The molecule has 0 saturated carbocycles. The summed E-state index contributed by atoms with van der Waals surface area (Å²) in [4.78, 5) is 18.5. The molecule has 28 heavy (non-hydrogen) atoms. The molecule has 1 aromatic carbocycles. The largest absolute Gasteiger partial charge is 0.507 e. The van der Waals surface area contributed by atoms with E-state index in [2.05, 4.69) is 10.3 Å². The van der Waals surface area contributed by atoms with Crippen LogP contribution in [-0.2, 0) is 10.0 Å². The SMILES string of the molecule is Cc1ccc(O)c(C(=O)NCCS(=O)(=O)N2CCN(c3ccccn3)CC2)c1. The van der Waals surface area contributed by atoms with Crippen molar-refractivity contribution in [3.63, 3.8) is 0 Å². The zero-order valence-corrected chi connectivity index (χ0v) is 16.5. The lowest BCUT2D eigenvalue weighted by Gasteiger charge is -2.34. The van der Waals surface area contributed by atoms with Crippen LogP contribution in [0.25, 0.3) is 0 Å². The molecule has 1 saturated heterocycles. The molecule has 1 aliphatic rings. The average Bonchev–Trinajstić information content (AvgIpc) is 2.70. The number of hydrogen-bond acceptors (Lipinski definition) is 6. The molecule has 0 spiro atoms. The van der Waals surface area contributed by atoms with Gasteiger partial charge < -0.3 is 15.3 Å². The smallest absolute Gasteiger partial charge is 0.255 e. The predicted octanol–water partition coefficient (Wildman–Crippen LogP) is 0.977. The Hall–Kier alpha value is -2.65. The van der Waals surface area contributed by atoms with E-state index in [-0.39, 0.29) is 23.6 Å². The zero-order valence-electron chi connectivity index (χ0n) is 15.7. The highest BCUT2D eigenvalue weighted by atomic mass is 32.2. The van der Waals surface area contributed by atoms with Gasteiger partial charge in [0.05, 0.1) is 11.3 Å². The fourth-order valence-corrected chi connectivity index (χ4v) is 4.42. The Balaban J connectivity index is 1.51. The van der Waals surface area contributed by atoms with Gasteiger partial charge in [0.25, 0.3) is 5.91 Å². The molecule has 0 atom stereocenters. The molecule has 150 valence electrons. The topological polar surface area (TPSA) is 103 Å². The van der Waals surface area contributed by atoms with E-state index in [4.69, 9.17) is 0 Å². The number of amides is 1. The van der Waals surface area contributed by atoms with Crippen LogP contribution in [0.1, 0.15) is 15.9 Å². The first-order valence-electron chi connectivity index (χ1n) is 9.08. The first-order chi connectivity index (χ1) is 13.4. The molecule has 0 unspecified atom stereocenters. The third kappa shape index (κ3) is 4.79. The number of hydrogen-bond donors (Lipinski definition) is 2. The van der Waals surface area contributed by atoms with Crippen LogP contribution in [0.15, 0.2) is 42.6 Å². The molecule has 0 radical (unpaired) electrons. The number of phenols is 1. The van der Waals surface area contributed by atoms with E-state index in [1.54, 1.807) is 18.3 Å². The number of carbonyl (C=O) groups excluding carboxylic acids is 1. The van der Waals surface area contributed by atoms with Gasteiger partial charge in [0.1, 0.15) is 11.6 Å². The summed E-state index contributed by atoms with van der Waals surface area (Å²) in [5.41, 5.74) is 0.975. The van der Waals surface area contributed by atoms with Gasteiger partial charge in [-0.2, -0.15) is 4.31 Å². The van der Waals surface area contributed by atoms with E-state index < -0.39 is 15.9 Å². The van der Waals surface area contributed by atoms with Crippen molar-refractivity contribution in [3.8, 4) is 5.75 Å². The molecule has 1 aromatic heterocycles. The van der Waals surface area contributed by atoms with Gasteiger partial charge in [-0.1, -0.05) is 17.7 Å². The summed E-state index contributed by atoms with van der Waals surface area (Å²) in [6, 6.07) is 10.4. The van der Waals surface area contributed by atoms with Crippen molar-refractivity contribution in [2.45, 2.75) is 6.92 Å². The minimum absolute atomic E-state index is 0.0188. The zero-order chi connectivity index (χ0) is 20.1. The lowest BCUT2D eigenvalue weighted by atomic mass is 10.1. The van der Waals surface area contributed by atoms with Gasteiger partial charge in [-0.25, -0.2) is 13.4 Å². The Kier molecular flexibility index (Phi) is 6.15. The van der Waals surface area contributed by atoms with Crippen LogP contribution >= 0.6 is 0 Å². The van der Waals surface area contributed by atoms with Crippen molar-refractivity contribution in [1.82, 2.24) is 14.6 Å². The number of phenolic OH excluding ortho intramolecular Hbond substituents is 1. The van der Waals surface area contributed by atoms with Crippen molar-refractivity contribution in [2.24, 2.45) is 0 Å². The normalized spacial score (nSPS) is 15.4. The monoisotopic (exact) mass is 404 g/mol. The fraction of sp³-hybridized carbons (Fsp3) is 0.368. The Morgan fingerprint density at radius 1 is 1.18 bits per heavy atom. The van der Waals surface area contributed by atoms with Gasteiger partial charge in [0.15, 0.2) is 0 Å². The first-order valence-corrected chi connectivity index (χ1v) is 10.7. The molecule has 0 bridgehead atoms. The van der Waals surface area contributed by atoms with Crippen molar-refractivity contribution in [2.75, 3.05) is 43.4 Å². The number of aromatic nitrogens is 1. The summed E-state index contributed by atoms with van der Waals surface area (Å²) in [5.74, 6) is 0.0345. The van der Waals surface area contributed by atoms with E-state index in [0.717, 1.165) is 11.4 Å². The summed E-state index contributed by atoms with van der Waals surface area (Å²) in [6.07, 6.45) is 1.72. The minimum Gasteiger partial charge on any atom is -0.507 e. The first kappa shape index (κ1) is 20.1. The number of sulfonamides is 1. The highest BCUT2D eigenvalue weighted by Gasteiger charge is 2.27. The molecular weight excluding hydrogens is 380 g/mol. The van der Waals surface area contributed by atoms with Crippen LogP contribution in [0.4, 0.5) is 5.82 Å². The van der Waals surface area contributed by atoms with Crippen molar-refractivity contribution >= 4 is 21.7 Å². The van der Waals surface area contributed by atoms with Crippen LogP contribution in [0.5, 0.6) is 5.75 Å². The van der Waals surface area contributed by atoms with Gasteiger partial charge in [0.2, 0.25) is 10.0 Å². The Bertz CT molecular complexity index is 926. The quantitative estimate of drug-likeness (QED) is 0.744. The van der Waals surface area contributed by atoms with Gasteiger partial charge in [-0.3, -0.25) is 4.79 Å². The molecule has 3 rings (SSSR count). The average molecular weight is 404 g/mol. The van der Waals surface area contributed by atoms with E-state index in [1.807, 2.05) is 30.0 Å². The van der Waals surface area contributed by atoms with Crippen LogP contribution in [0, 0.1) is 6.92 Å². The van der Waals surface area contributed by atoms with Crippen molar-refractivity contribution < 1.29 is 18.3 Å². The van der Waals surface area contributed by atoms with Gasteiger partial charge in [-0.05, 0) is 31.2 Å². The number of nitrogens with zero attached hydrogens (tertiary/aromatic N) is 3. The number of nitrogens with one attached hydrogen (secondary N) is 1. The number of pyridine rings is 1. The minimum atomic E-state index is -3.48. The lowest BCUT2D eigenvalue weighted by molar-refractivity contribution is 0.0953. The maximum Gasteiger partial charge on any atom is 0.255 e. The predicted molar refractivity (Wildman–Crippen MR) is 107 cm³/mol. The molecule has 1 fully saturated rings. The van der Waals surface area contributed by atoms with Gasteiger partial charge in [0, 0.05) is 38.9 Å². The van der Waals surface area contributed by atoms with Crippen LogP contribution in [0.2, 0.25) is 0 Å². The standard InChI is InChI=1S/C19H24N4O4S/c1-15-5-6-17(24)16(14-15)19(25)21-8-13-28(26,27)23-11-9-22(10-12-23)18-4-2-3-7-20-18/h2-7,14,24H,8-13H2,1H3,(H,21,25). The van der Waals surface area contributed by atoms with Crippen LogP contribution in [0.3, 0.4) is 0 Å². The lowest BCUT2D eigenvalue weighted by Crippen LogP contribution is -2.50. The van der Waals surface area contributed by atoms with Crippen LogP contribution in [-0.4, -0.2) is 67.2 Å². The molecule has 2 heterocycles. The summed E-state index contributed by atoms with van der Waals surface area (Å²) in [5, 5.41) is 12.4. The third-order valence-electron chi connectivity index (χ3n) is 4.65. The second-order valence-corrected chi connectivity index (χ2v) is 8.76. The highest BCUT2D eigenvalue weighted by Crippen LogP contribution is 2.18. The second-order valence-electron chi connectivity index (χ2n) is 6.67. The molecule has 2 aromatic rings. The van der Waals surface area contributed by atoms with Crippen molar-refractivity contribution in [3.05, 3.63) is 53.7 Å². The molecule has 9 heteroatoms. The summed E-state index contributed by atoms with van der Waals surface area (Å²) < 4.78 is 26.6. The number of rotatable bonds is 6. The molecule has 0 aliphatic carbocycles. The maximum absolute atomic E-state index is 12.6. The van der Waals surface area contributed by atoms with Crippen molar-refractivity contribution in [1.29, 1.82) is 0 Å². The third-order valence-corrected chi connectivity index (χ3v) is 6.52. The number of aryl methyl sites for hydroxylation is 1. The summed E-state index contributed by atoms with van der Waals surface area (Å²) in [7, 11) is -3.48. The van der Waals surface area contributed by atoms with Gasteiger partial charge in [-0.15, -0.1) is 0 Å². The van der Waals surface area contributed by atoms with Crippen LogP contribution < -0.4 is 10.2 Å². The molecule has 2 N–H and O–H groups in total. The summed E-state index contributed by atoms with van der Waals surface area (Å²) >= 11 is 0. The Labute approximate surface area is 164 Å². The second kappa shape index (κ2) is 8.57. The highest BCUT2D eigenvalue weighted by molar-refractivity contribution is 7.89. The molecule has 8 nitrogen and oxygen atoms in total. The number of carbonyl (C=O) groups is 1. The van der Waals surface area contributed by atoms with Gasteiger partial charge >= 0.3 is 0 Å². The molecule has 1 amide bonds. The Morgan fingerprint density at radius 3 is 2.61 bits per heavy atom. The van der Waals surface area contributed by atoms with E-state index >= 15 is 0 Å². The van der Waals surface area contributed by atoms with E-state index in [0.29, 0.717) is 26.2 Å². The number of aromatic hydroxyl groups is 1. The number of piperazine rings is 1. The number of anilines is 1. The van der Waals surface area contributed by atoms with E-state index in [9.17, 15) is 18.3 Å².